The zero-order valence-electron chi connectivity index (χ0n) is 45.2. The maximum atomic E-state index is 15.0. The number of hydroxylamine groups is 1. The van der Waals surface area contributed by atoms with E-state index in [2.05, 4.69) is 88.9 Å². The summed E-state index contributed by atoms with van der Waals surface area (Å²) in [6, 6.07) is 21.8. The van der Waals surface area contributed by atoms with Crippen LogP contribution in [0.2, 0.25) is 0 Å². The maximum absolute atomic E-state index is 15.0. The van der Waals surface area contributed by atoms with Crippen LogP contribution in [-0.4, -0.2) is 121 Å². The minimum Gasteiger partial charge on any atom is -0.629 e. The number of aromatic nitrogens is 4. The highest BCUT2D eigenvalue weighted by Gasteiger charge is 2.63. The number of sulfonamides is 1. The number of pyridine rings is 3. The van der Waals surface area contributed by atoms with Crippen molar-refractivity contribution in [1.29, 1.82) is 0 Å². The molecule has 3 unspecified atom stereocenters. The Morgan fingerprint density at radius 2 is 1.79 bits per heavy atom. The summed E-state index contributed by atoms with van der Waals surface area (Å²) in [6.07, 6.45) is 11.3. The van der Waals surface area contributed by atoms with Crippen molar-refractivity contribution >= 4 is 44.2 Å². The lowest BCUT2D eigenvalue weighted by Gasteiger charge is -2.58. The number of rotatable bonds is 17. The lowest BCUT2D eigenvalue weighted by Crippen LogP contribution is -2.98. The molecule has 1 spiro atoms. The molecule has 18 nitrogen and oxygen atoms in total. The number of halogens is 1. The second-order valence-electron chi connectivity index (χ2n) is 22.9. The molecule has 20 heteroatoms. The number of carbonyl (C=O) groups is 1. The Morgan fingerprint density at radius 1 is 1.00 bits per heavy atom. The third-order valence-electron chi connectivity index (χ3n) is 17.5. The number of nitrogens with one attached hydrogen (secondary N) is 4. The molecule has 11 rings (SSSR count). The fourth-order valence-corrected chi connectivity index (χ4v) is 14.0. The molecule has 6 aromatic rings. The third kappa shape index (κ3) is 10.7. The van der Waals surface area contributed by atoms with E-state index in [0.29, 0.717) is 43.1 Å². The molecule has 3 aliphatic carbocycles. The van der Waals surface area contributed by atoms with Crippen molar-refractivity contribution in [3.05, 3.63) is 119 Å². The van der Waals surface area contributed by atoms with Crippen LogP contribution in [0.3, 0.4) is 0 Å². The number of amides is 1. The summed E-state index contributed by atoms with van der Waals surface area (Å²) in [7, 11) is -0.218. The SMILES string of the molecule is COc1cc(CN2CCN(C3CC4(CCN(c5ccc(C(=O)NS(=O)(=O)c6cnc(NCC7CCC(C)(O)CC7)c([NH+](C)[O-])c6)c(Oc6cc7c(F)c[nH]c7nc6OC)c5)C5CC54)C3)[C@H](c3ccccc3C(C)C)C2)ccn1. The van der Waals surface area contributed by atoms with Crippen molar-refractivity contribution in [2.24, 2.45) is 17.3 Å². The van der Waals surface area contributed by atoms with E-state index >= 15 is 0 Å². The molecule has 5 N–H and O–H groups in total. The van der Waals surface area contributed by atoms with Crippen molar-refractivity contribution in [2.45, 2.75) is 113 Å². The van der Waals surface area contributed by atoms with Crippen molar-refractivity contribution in [2.75, 3.05) is 64.2 Å². The highest BCUT2D eigenvalue weighted by Crippen LogP contribution is 2.65. The zero-order chi connectivity index (χ0) is 54.7. The summed E-state index contributed by atoms with van der Waals surface area (Å²) < 4.78 is 62.8. The number of aliphatic hydroxyl groups is 1. The highest BCUT2D eigenvalue weighted by atomic mass is 32.2. The number of H-pyrrole nitrogens is 1. The molecule has 1 amide bonds. The minimum atomic E-state index is -4.60. The lowest BCUT2D eigenvalue weighted by atomic mass is 9.58. The maximum Gasteiger partial charge on any atom is 0.268 e. The highest BCUT2D eigenvalue weighted by molar-refractivity contribution is 7.90. The van der Waals surface area contributed by atoms with Crippen LogP contribution in [-0.2, 0) is 16.6 Å². The number of piperazine rings is 1. The van der Waals surface area contributed by atoms with Gasteiger partial charge in [-0.25, -0.2) is 27.5 Å². The largest absolute Gasteiger partial charge is 0.629 e. The average molecular weight is 1090 g/mol. The Labute approximate surface area is 455 Å². The Kier molecular flexibility index (Phi) is 14.6. The minimum absolute atomic E-state index is 0.0121. The first-order valence-electron chi connectivity index (χ1n) is 27.3. The van der Waals surface area contributed by atoms with E-state index in [9.17, 15) is 27.9 Å². The second-order valence-corrected chi connectivity index (χ2v) is 24.6. The molecule has 4 aromatic heterocycles. The van der Waals surface area contributed by atoms with Crippen LogP contribution in [0.5, 0.6) is 23.3 Å². The van der Waals surface area contributed by atoms with Gasteiger partial charge in [0.05, 0.1) is 44.0 Å². The van der Waals surface area contributed by atoms with Crippen LogP contribution >= 0.6 is 0 Å². The van der Waals surface area contributed by atoms with Gasteiger partial charge in [0.1, 0.15) is 22.1 Å². The number of ether oxygens (including phenoxy) is 3. The predicted octanol–water partition coefficient (Wildman–Crippen LogP) is 7.85. The van der Waals surface area contributed by atoms with Crippen LogP contribution in [0, 0.1) is 28.3 Å². The number of nitrogens with zero attached hydrogens (tertiary/aromatic N) is 6. The average Bonchev–Trinajstić information content (AvgIpc) is 4.08. The molecule has 2 aliphatic heterocycles. The monoisotopic (exact) mass is 1090 g/mol. The van der Waals surface area contributed by atoms with Crippen LogP contribution in [0.4, 0.5) is 21.6 Å². The van der Waals surface area contributed by atoms with Crippen molar-refractivity contribution < 1.29 is 42.0 Å². The number of carbonyl (C=O) groups excluding carboxylic acids is 1. The molecule has 0 radical (unpaired) electrons. The molecule has 6 heterocycles. The van der Waals surface area contributed by atoms with E-state index in [1.54, 1.807) is 19.2 Å². The first-order valence-corrected chi connectivity index (χ1v) is 28.8. The fourth-order valence-electron chi connectivity index (χ4n) is 13.1. The molecule has 5 aliphatic rings. The predicted molar refractivity (Wildman–Crippen MR) is 294 cm³/mol. The van der Waals surface area contributed by atoms with Gasteiger partial charge in [-0.05, 0) is 116 Å². The van der Waals surface area contributed by atoms with Gasteiger partial charge in [-0.15, -0.1) is 0 Å². The van der Waals surface area contributed by atoms with E-state index < -0.39 is 32.4 Å². The van der Waals surface area contributed by atoms with E-state index in [1.165, 1.54) is 49.2 Å². The molecule has 0 bridgehead atoms. The van der Waals surface area contributed by atoms with Crippen molar-refractivity contribution in [3.8, 4) is 23.3 Å². The summed E-state index contributed by atoms with van der Waals surface area (Å²) in [5, 5.41) is 26.2. The second kappa shape index (κ2) is 21.3. The number of aromatic amines is 1. The summed E-state index contributed by atoms with van der Waals surface area (Å²) in [5.74, 6) is 0.468. The summed E-state index contributed by atoms with van der Waals surface area (Å²) in [5.41, 5.74) is 4.49. The molecule has 5 fully saturated rings. The topological polar surface area (TPSA) is 215 Å². The fraction of sp³-hybridized carbons (Fsp3) is 0.483. The molecule has 78 heavy (non-hydrogen) atoms. The van der Waals surface area contributed by atoms with Crippen molar-refractivity contribution in [1.82, 2.24) is 34.5 Å². The summed E-state index contributed by atoms with van der Waals surface area (Å²) in [4.78, 5) is 37.6. The quantitative estimate of drug-likeness (QED) is 0.0550. The Hall–Kier alpha value is -6.42. The Morgan fingerprint density at radius 3 is 2.55 bits per heavy atom. The number of hydrogen-bond acceptors (Lipinski definition) is 15. The lowest BCUT2D eigenvalue weighted by molar-refractivity contribution is -0.751. The number of methoxy groups -OCH3 is 2. The molecular formula is C58H71FN10O8S. The number of anilines is 2. The first-order chi connectivity index (χ1) is 37.4. The smallest absolute Gasteiger partial charge is 0.268 e. The standard InChI is InChI=1S/C58H71FN10O8S/c1-35(2)41-9-7-8-10-42(41)49-34-67(33-37-15-19-60-52(23-37)75-5)21-22-69(49)39-28-58(29-39)18-20-68(47-27-45(47)58)38-11-12-43(50(24-38)77-51-26-44-46(59)32-63-53(44)64-56(51)76-6)55(70)65-78(73,74)40-25-48(66(4)72)54(62-31-40)61-30-36-13-16-57(3,71)17-14-36/h7-12,15,19,23-26,31-32,35-36,39,45,47,49,66,71H,13-14,16-18,20-22,27-30,33-34H2,1-6H3,(H,61,62)(H,63,64)(H,65,70)/t36?,39?,45?,47?,49-,57?,58?/m0/s1. The number of benzene rings is 2. The third-order valence-corrected chi connectivity index (χ3v) is 18.8. The van der Waals surface area contributed by atoms with E-state index in [0.717, 1.165) is 83.1 Å². The van der Waals surface area contributed by atoms with Crippen LogP contribution in [0.15, 0.2) is 90.2 Å². The van der Waals surface area contributed by atoms with Gasteiger partial charge in [0, 0.05) is 99.7 Å². The zero-order valence-corrected chi connectivity index (χ0v) is 46.0. The molecule has 2 saturated heterocycles. The molecule has 2 aromatic carbocycles. The first kappa shape index (κ1) is 53.6. The van der Waals surface area contributed by atoms with Crippen LogP contribution in [0.25, 0.3) is 11.0 Å². The van der Waals surface area contributed by atoms with Gasteiger partial charge in [-0.2, -0.15) is 4.98 Å². The summed E-state index contributed by atoms with van der Waals surface area (Å²) in [6.45, 7) is 11.4. The van der Waals surface area contributed by atoms with Crippen molar-refractivity contribution in [3.63, 3.8) is 0 Å². The summed E-state index contributed by atoms with van der Waals surface area (Å²) >= 11 is 0. The van der Waals surface area contributed by atoms with Gasteiger partial charge in [0.15, 0.2) is 17.3 Å². The number of fused-ring (bicyclic) bond motifs is 3. The number of hydrogen-bond donors (Lipinski definition) is 5. The molecule has 414 valence electrons. The van der Waals surface area contributed by atoms with E-state index in [4.69, 9.17) is 14.2 Å². The van der Waals surface area contributed by atoms with Crippen LogP contribution < -0.4 is 34.2 Å². The van der Waals surface area contributed by atoms with Gasteiger partial charge >= 0.3 is 0 Å². The Bertz CT molecular complexity index is 3300. The van der Waals surface area contributed by atoms with Gasteiger partial charge in [0.25, 0.3) is 21.8 Å². The van der Waals surface area contributed by atoms with Crippen LogP contribution in [0.1, 0.15) is 111 Å². The van der Waals surface area contributed by atoms with Gasteiger partial charge < -0.3 is 44.8 Å². The number of piperidine rings is 1. The number of quaternary nitrogens is 1. The molecule has 3 saturated carbocycles. The molecular weight excluding hydrogens is 1020 g/mol. The normalized spacial score (nSPS) is 25.8. The molecule has 4 atom stereocenters. The van der Waals surface area contributed by atoms with Gasteiger partial charge in [0.2, 0.25) is 5.88 Å². The van der Waals surface area contributed by atoms with Gasteiger partial charge in [-0.1, -0.05) is 38.1 Å². The van der Waals surface area contributed by atoms with Gasteiger partial charge in [-0.3, -0.25) is 14.6 Å². The van der Waals surface area contributed by atoms with E-state index in [1.807, 2.05) is 25.3 Å². The Balaban J connectivity index is 0.819. The van der Waals surface area contributed by atoms with E-state index in [-0.39, 0.29) is 73.8 Å².